The molecular formula is C26H34N4. The summed E-state index contributed by atoms with van der Waals surface area (Å²) in [6.07, 6.45) is 2.63. The van der Waals surface area contributed by atoms with Crippen LogP contribution in [0.3, 0.4) is 0 Å². The summed E-state index contributed by atoms with van der Waals surface area (Å²) in [6.45, 7) is 12.2. The molecule has 1 aliphatic heterocycles. The highest BCUT2D eigenvalue weighted by Gasteiger charge is 2.25. The lowest BCUT2D eigenvalue weighted by atomic mass is 9.92. The summed E-state index contributed by atoms with van der Waals surface area (Å²) < 4.78 is 20.3. The highest BCUT2D eigenvalue weighted by molar-refractivity contribution is 5.70. The standard InChI is InChI=1S/C26H34N4/c1-7-20-11-10-12-21(8-2)25(20)24-15-17(4)22-16-29(14-13-23(22)27-24)26-18(5)28-30(9-3)19(26)6/h10-12,15H,7-9,13-14,16H2,1-6H3/i16D2. The van der Waals surface area contributed by atoms with Gasteiger partial charge in [0.15, 0.2) is 0 Å². The topological polar surface area (TPSA) is 34.0 Å². The Balaban J connectivity index is 1.85. The fraction of sp³-hybridized carbons (Fsp3) is 0.462. The van der Waals surface area contributed by atoms with Crippen molar-refractivity contribution in [1.82, 2.24) is 14.8 Å². The lowest BCUT2D eigenvalue weighted by Gasteiger charge is -2.32. The van der Waals surface area contributed by atoms with E-state index in [1.807, 2.05) is 30.4 Å². The summed E-state index contributed by atoms with van der Waals surface area (Å²) in [5, 5.41) is 4.63. The molecule has 3 heterocycles. The summed E-state index contributed by atoms with van der Waals surface area (Å²) in [6, 6.07) is 8.58. The first-order valence-corrected chi connectivity index (χ1v) is 11.2. The second-order valence-electron chi connectivity index (χ2n) is 8.15. The Kier molecular flexibility index (Phi) is 5.00. The number of nitrogens with zero attached hydrogens (tertiary/aromatic N) is 4. The first-order chi connectivity index (χ1) is 15.2. The zero-order valence-electron chi connectivity index (χ0n) is 21.1. The molecule has 4 rings (SSSR count). The van der Waals surface area contributed by atoms with E-state index in [4.69, 9.17) is 7.73 Å². The molecule has 0 unspecified atom stereocenters. The zero-order chi connectivity index (χ0) is 23.2. The number of anilines is 1. The number of aryl methyl sites for hydroxylation is 5. The first-order valence-electron chi connectivity index (χ1n) is 12.2. The summed E-state index contributed by atoms with van der Waals surface area (Å²) in [5.41, 5.74) is 10.2. The van der Waals surface area contributed by atoms with Crippen LogP contribution in [0, 0.1) is 20.8 Å². The molecule has 1 aromatic carbocycles. The van der Waals surface area contributed by atoms with Gasteiger partial charge in [0.1, 0.15) is 0 Å². The van der Waals surface area contributed by atoms with Gasteiger partial charge in [-0.15, -0.1) is 0 Å². The average molecular weight is 405 g/mol. The maximum atomic E-state index is 9.15. The zero-order valence-corrected chi connectivity index (χ0v) is 19.1. The third kappa shape index (κ3) is 3.42. The van der Waals surface area contributed by atoms with Crippen LogP contribution in [0.2, 0.25) is 0 Å². The molecule has 0 radical (unpaired) electrons. The number of aromatic nitrogens is 3. The third-order valence-electron chi connectivity index (χ3n) is 6.28. The molecule has 0 atom stereocenters. The second-order valence-corrected chi connectivity index (χ2v) is 8.15. The van der Waals surface area contributed by atoms with Gasteiger partial charge in [0, 0.05) is 37.3 Å². The minimum Gasteiger partial charge on any atom is -0.364 e. The van der Waals surface area contributed by atoms with Gasteiger partial charge in [0.25, 0.3) is 0 Å². The van der Waals surface area contributed by atoms with Gasteiger partial charge in [0.05, 0.1) is 25.5 Å². The minimum absolute atomic E-state index is 0.586. The maximum absolute atomic E-state index is 9.15. The van der Waals surface area contributed by atoms with Crippen molar-refractivity contribution in [1.29, 1.82) is 0 Å². The molecule has 0 spiro atoms. The molecule has 0 saturated carbocycles. The molecular weight excluding hydrogens is 368 g/mol. The Labute approximate surface area is 183 Å². The van der Waals surface area contributed by atoms with E-state index in [2.05, 4.69) is 50.1 Å². The Morgan fingerprint density at radius 3 is 2.37 bits per heavy atom. The van der Waals surface area contributed by atoms with E-state index in [1.165, 1.54) is 16.7 Å². The Morgan fingerprint density at radius 2 is 1.77 bits per heavy atom. The van der Waals surface area contributed by atoms with Crippen molar-refractivity contribution in [2.24, 2.45) is 0 Å². The van der Waals surface area contributed by atoms with Crippen LogP contribution in [-0.2, 0) is 32.3 Å². The minimum atomic E-state index is -1.64. The van der Waals surface area contributed by atoms with Crippen molar-refractivity contribution in [2.75, 3.05) is 11.4 Å². The van der Waals surface area contributed by atoms with Crippen molar-refractivity contribution in [3.8, 4) is 11.3 Å². The molecule has 0 bridgehead atoms. The van der Waals surface area contributed by atoms with E-state index in [1.54, 1.807) is 0 Å². The van der Waals surface area contributed by atoms with E-state index in [9.17, 15) is 0 Å². The van der Waals surface area contributed by atoms with Gasteiger partial charge < -0.3 is 4.90 Å². The fourth-order valence-electron chi connectivity index (χ4n) is 4.73. The molecule has 4 heteroatoms. The van der Waals surface area contributed by atoms with Crippen molar-refractivity contribution < 1.29 is 2.74 Å². The lowest BCUT2D eigenvalue weighted by Crippen LogP contribution is -2.32. The van der Waals surface area contributed by atoms with Crippen LogP contribution in [0.1, 0.15) is 62.8 Å². The summed E-state index contributed by atoms with van der Waals surface area (Å²) in [4.78, 5) is 6.96. The van der Waals surface area contributed by atoms with Crippen LogP contribution in [0.5, 0.6) is 0 Å². The van der Waals surface area contributed by atoms with Crippen LogP contribution in [0.4, 0.5) is 5.69 Å². The van der Waals surface area contributed by atoms with E-state index in [0.29, 0.717) is 12.1 Å². The molecule has 3 aromatic rings. The van der Waals surface area contributed by atoms with Gasteiger partial charge >= 0.3 is 0 Å². The van der Waals surface area contributed by atoms with Crippen molar-refractivity contribution in [3.05, 3.63) is 63.6 Å². The number of pyridine rings is 1. The largest absolute Gasteiger partial charge is 0.364 e. The van der Waals surface area contributed by atoms with Crippen LogP contribution in [-0.4, -0.2) is 21.3 Å². The molecule has 30 heavy (non-hydrogen) atoms. The van der Waals surface area contributed by atoms with Gasteiger partial charge in [-0.1, -0.05) is 32.0 Å². The summed E-state index contributed by atoms with van der Waals surface area (Å²) >= 11 is 0. The molecule has 4 nitrogen and oxygen atoms in total. The monoisotopic (exact) mass is 404 g/mol. The van der Waals surface area contributed by atoms with Gasteiger partial charge in [-0.05, 0) is 68.9 Å². The van der Waals surface area contributed by atoms with Gasteiger partial charge in [-0.2, -0.15) is 5.10 Å². The second kappa shape index (κ2) is 8.25. The smallest absolute Gasteiger partial charge is 0.0830 e. The normalized spacial score (nSPS) is 16.3. The fourth-order valence-corrected chi connectivity index (χ4v) is 4.73. The van der Waals surface area contributed by atoms with Gasteiger partial charge in [-0.25, -0.2) is 0 Å². The average Bonchev–Trinajstić information content (AvgIpc) is 3.05. The van der Waals surface area contributed by atoms with Crippen molar-refractivity contribution >= 4 is 5.69 Å². The lowest BCUT2D eigenvalue weighted by molar-refractivity contribution is 0.633. The highest BCUT2D eigenvalue weighted by atomic mass is 15.3. The molecule has 0 aliphatic carbocycles. The molecule has 0 amide bonds. The quantitative estimate of drug-likeness (QED) is 0.557. The van der Waals surface area contributed by atoms with E-state index in [-0.39, 0.29) is 0 Å². The van der Waals surface area contributed by atoms with E-state index >= 15 is 0 Å². The first kappa shape index (κ1) is 18.2. The maximum Gasteiger partial charge on any atom is 0.0830 e. The molecule has 2 aromatic heterocycles. The SMILES string of the molecule is [2H]C1([2H])c2c(C)cc(-c3c(CC)cccc3CC)nc2CCN1c1c(C)nn(CC)c1C. The molecule has 0 fully saturated rings. The summed E-state index contributed by atoms with van der Waals surface area (Å²) in [7, 11) is 0. The van der Waals surface area contributed by atoms with Gasteiger partial charge in [-0.3, -0.25) is 9.67 Å². The number of hydrogen-bond donors (Lipinski definition) is 0. The van der Waals surface area contributed by atoms with Crippen molar-refractivity contribution in [2.45, 2.75) is 73.8 Å². The number of hydrogen-bond acceptors (Lipinski definition) is 3. The van der Waals surface area contributed by atoms with Crippen LogP contribution < -0.4 is 4.90 Å². The highest BCUT2D eigenvalue weighted by Crippen LogP contribution is 2.34. The molecule has 1 aliphatic rings. The number of rotatable bonds is 5. The number of fused-ring (bicyclic) bond motifs is 1. The van der Waals surface area contributed by atoms with Gasteiger partial charge in [0.2, 0.25) is 0 Å². The molecule has 158 valence electrons. The third-order valence-corrected chi connectivity index (χ3v) is 6.28. The predicted molar refractivity (Wildman–Crippen MR) is 125 cm³/mol. The Morgan fingerprint density at radius 1 is 1.07 bits per heavy atom. The van der Waals surface area contributed by atoms with Crippen LogP contribution in [0.25, 0.3) is 11.3 Å². The molecule has 0 saturated heterocycles. The Hall–Kier alpha value is -2.62. The Bertz CT molecular complexity index is 1140. The van der Waals surface area contributed by atoms with Crippen LogP contribution in [0.15, 0.2) is 24.3 Å². The molecule has 0 N–H and O–H groups in total. The van der Waals surface area contributed by atoms with Crippen molar-refractivity contribution in [3.63, 3.8) is 0 Å². The number of benzene rings is 1. The van der Waals surface area contributed by atoms with E-state index in [0.717, 1.165) is 59.8 Å². The van der Waals surface area contributed by atoms with Crippen LogP contribution >= 0.6 is 0 Å². The summed E-state index contributed by atoms with van der Waals surface area (Å²) in [5.74, 6) is 0. The van der Waals surface area contributed by atoms with E-state index < -0.39 is 6.50 Å². The predicted octanol–water partition coefficient (Wildman–Crippen LogP) is 5.58.